The van der Waals surface area contributed by atoms with Gasteiger partial charge < -0.3 is 24.9 Å². The molecule has 0 unspecified atom stereocenters. The molecule has 0 spiro atoms. The Balaban J connectivity index is 0.000000487. The van der Waals surface area contributed by atoms with E-state index in [1.54, 1.807) is 6.07 Å². The van der Waals surface area contributed by atoms with Crippen molar-refractivity contribution in [2.45, 2.75) is 13.8 Å². The van der Waals surface area contributed by atoms with E-state index in [0.29, 0.717) is 17.3 Å². The van der Waals surface area contributed by atoms with Crippen molar-refractivity contribution < 1.29 is 24.6 Å². The van der Waals surface area contributed by atoms with E-state index in [1.165, 1.54) is 0 Å². The maximum Gasteiger partial charge on any atom is 0.414 e. The number of benzene rings is 1. The summed E-state index contributed by atoms with van der Waals surface area (Å²) in [6.07, 6.45) is 0. The normalized spacial score (nSPS) is 13.2. The predicted molar refractivity (Wildman–Crippen MR) is 98.8 cm³/mol. The first kappa shape index (κ1) is 21.7. The zero-order valence-electron chi connectivity index (χ0n) is 15.1. The van der Waals surface area contributed by atoms with Crippen molar-refractivity contribution in [3.63, 3.8) is 0 Å². The predicted octanol–water partition coefficient (Wildman–Crippen LogP) is 1.69. The SMILES string of the molecule is CCN(CC)CCN1CN(C)c2ccc(Cl)cc2C1=O.O=C(O)C(=O)O. The Morgan fingerprint density at radius 3 is 2.27 bits per heavy atom. The number of carboxylic acids is 2. The third-order valence-electron chi connectivity index (χ3n) is 4.03. The van der Waals surface area contributed by atoms with Crippen LogP contribution in [0.4, 0.5) is 5.69 Å². The molecule has 8 nitrogen and oxygen atoms in total. The molecule has 0 saturated heterocycles. The van der Waals surface area contributed by atoms with Gasteiger partial charge in [-0.1, -0.05) is 25.4 Å². The van der Waals surface area contributed by atoms with E-state index in [9.17, 15) is 4.79 Å². The minimum absolute atomic E-state index is 0.0766. The molecular formula is C17H24ClN3O5. The average molecular weight is 386 g/mol. The van der Waals surface area contributed by atoms with E-state index in [-0.39, 0.29) is 5.91 Å². The molecule has 1 aliphatic heterocycles. The number of aliphatic carboxylic acids is 2. The molecule has 0 bridgehead atoms. The number of likely N-dealkylation sites (N-methyl/N-ethyl adjacent to an activating group) is 1. The number of rotatable bonds is 5. The smallest absolute Gasteiger partial charge is 0.414 e. The zero-order valence-corrected chi connectivity index (χ0v) is 15.9. The molecule has 1 aliphatic rings. The van der Waals surface area contributed by atoms with Gasteiger partial charge in [0.1, 0.15) is 0 Å². The summed E-state index contributed by atoms with van der Waals surface area (Å²) < 4.78 is 0. The summed E-state index contributed by atoms with van der Waals surface area (Å²) in [5.41, 5.74) is 1.66. The molecule has 1 amide bonds. The van der Waals surface area contributed by atoms with Crippen LogP contribution in [0.1, 0.15) is 24.2 Å². The number of nitrogens with zero attached hydrogens (tertiary/aromatic N) is 3. The number of carbonyl (C=O) groups excluding carboxylic acids is 1. The molecular weight excluding hydrogens is 362 g/mol. The van der Waals surface area contributed by atoms with Gasteiger partial charge in [-0.15, -0.1) is 0 Å². The lowest BCUT2D eigenvalue weighted by atomic mass is 10.1. The monoisotopic (exact) mass is 385 g/mol. The summed E-state index contributed by atoms with van der Waals surface area (Å²) in [7, 11) is 2.00. The molecule has 0 radical (unpaired) electrons. The summed E-state index contributed by atoms with van der Waals surface area (Å²) in [6.45, 7) is 8.59. The lowest BCUT2D eigenvalue weighted by Gasteiger charge is -2.36. The first-order chi connectivity index (χ1) is 12.2. The summed E-state index contributed by atoms with van der Waals surface area (Å²) in [6, 6.07) is 5.51. The van der Waals surface area contributed by atoms with Gasteiger partial charge in [0.25, 0.3) is 5.91 Å². The average Bonchev–Trinajstić information content (AvgIpc) is 2.60. The summed E-state index contributed by atoms with van der Waals surface area (Å²) in [5, 5.41) is 15.4. The van der Waals surface area contributed by atoms with Gasteiger partial charge >= 0.3 is 11.9 Å². The van der Waals surface area contributed by atoms with Crippen LogP contribution < -0.4 is 4.90 Å². The van der Waals surface area contributed by atoms with Crippen molar-refractivity contribution in [3.05, 3.63) is 28.8 Å². The summed E-state index contributed by atoms with van der Waals surface area (Å²) >= 11 is 6.01. The van der Waals surface area contributed by atoms with Gasteiger partial charge in [0.15, 0.2) is 0 Å². The highest BCUT2D eigenvalue weighted by atomic mass is 35.5. The minimum Gasteiger partial charge on any atom is -0.473 e. The fourth-order valence-corrected chi connectivity index (χ4v) is 2.73. The number of amides is 1. The zero-order chi connectivity index (χ0) is 19.9. The minimum atomic E-state index is -1.82. The van der Waals surface area contributed by atoms with Crippen LogP contribution >= 0.6 is 11.6 Å². The second-order valence-corrected chi connectivity index (χ2v) is 6.14. The maximum absolute atomic E-state index is 12.5. The standard InChI is InChI=1S/C15H22ClN3O.C2H2O4/c1-4-18(5-2)8-9-19-11-17(3)14-7-6-12(16)10-13(14)15(19)20;3-1(4)2(5)6/h6-7,10H,4-5,8-9,11H2,1-3H3;(H,3,4)(H,5,6). The first-order valence-electron chi connectivity index (χ1n) is 8.19. The van der Waals surface area contributed by atoms with Crippen LogP contribution in [0, 0.1) is 0 Å². The quantitative estimate of drug-likeness (QED) is 0.743. The maximum atomic E-state index is 12.5. The van der Waals surface area contributed by atoms with Crippen LogP contribution in [0.3, 0.4) is 0 Å². The molecule has 0 aliphatic carbocycles. The van der Waals surface area contributed by atoms with Crippen LogP contribution in [0.2, 0.25) is 5.02 Å². The molecule has 0 fully saturated rings. The van der Waals surface area contributed by atoms with E-state index in [4.69, 9.17) is 31.4 Å². The number of carbonyl (C=O) groups is 3. The summed E-state index contributed by atoms with van der Waals surface area (Å²) in [4.78, 5) is 37.0. The molecule has 2 N–H and O–H groups in total. The molecule has 9 heteroatoms. The van der Waals surface area contributed by atoms with Crippen LogP contribution in [0.25, 0.3) is 0 Å². The fraction of sp³-hybridized carbons (Fsp3) is 0.471. The van der Waals surface area contributed by atoms with Gasteiger partial charge in [-0.2, -0.15) is 0 Å². The Kier molecular flexibility index (Phi) is 8.34. The van der Waals surface area contributed by atoms with Gasteiger partial charge in [-0.05, 0) is 31.3 Å². The van der Waals surface area contributed by atoms with Gasteiger partial charge in [0.05, 0.1) is 17.9 Å². The molecule has 1 aromatic rings. The third kappa shape index (κ3) is 5.89. The van der Waals surface area contributed by atoms with E-state index in [2.05, 4.69) is 23.6 Å². The van der Waals surface area contributed by atoms with Crippen molar-refractivity contribution in [2.24, 2.45) is 0 Å². The topological polar surface area (TPSA) is 101 Å². The molecule has 1 aromatic carbocycles. The van der Waals surface area contributed by atoms with Crippen molar-refractivity contribution in [3.8, 4) is 0 Å². The third-order valence-corrected chi connectivity index (χ3v) is 4.27. The lowest BCUT2D eigenvalue weighted by Crippen LogP contribution is -2.47. The second kappa shape index (κ2) is 9.98. The van der Waals surface area contributed by atoms with Crippen molar-refractivity contribution in [1.82, 2.24) is 9.80 Å². The van der Waals surface area contributed by atoms with Crippen LogP contribution in [0.5, 0.6) is 0 Å². The summed E-state index contributed by atoms with van der Waals surface area (Å²) in [5.74, 6) is -3.57. The highest BCUT2D eigenvalue weighted by molar-refractivity contribution is 6.31. The highest BCUT2D eigenvalue weighted by Gasteiger charge is 2.27. The number of hydrogen-bond donors (Lipinski definition) is 2. The Hall–Kier alpha value is -2.32. The van der Waals surface area contributed by atoms with E-state index >= 15 is 0 Å². The Bertz CT molecular complexity index is 652. The molecule has 144 valence electrons. The molecule has 2 rings (SSSR count). The number of halogens is 1. The van der Waals surface area contributed by atoms with Crippen LogP contribution in [-0.4, -0.2) is 77.8 Å². The molecule has 0 atom stereocenters. The van der Waals surface area contributed by atoms with Gasteiger partial charge in [-0.3, -0.25) is 4.79 Å². The number of carboxylic acid groups (broad SMARTS) is 2. The Morgan fingerprint density at radius 2 is 1.77 bits per heavy atom. The van der Waals surface area contributed by atoms with E-state index < -0.39 is 11.9 Å². The van der Waals surface area contributed by atoms with Crippen molar-refractivity contribution >= 4 is 35.1 Å². The first-order valence-corrected chi connectivity index (χ1v) is 8.57. The van der Waals surface area contributed by atoms with Gasteiger partial charge in [0, 0.05) is 25.2 Å². The number of anilines is 1. The molecule has 1 heterocycles. The molecule has 0 aromatic heterocycles. The molecule has 0 saturated carbocycles. The fourth-order valence-electron chi connectivity index (χ4n) is 2.55. The van der Waals surface area contributed by atoms with Crippen molar-refractivity contribution in [1.29, 1.82) is 0 Å². The van der Waals surface area contributed by atoms with Crippen molar-refractivity contribution in [2.75, 3.05) is 44.8 Å². The Morgan fingerprint density at radius 1 is 1.19 bits per heavy atom. The van der Waals surface area contributed by atoms with Gasteiger partial charge in [-0.25, -0.2) is 9.59 Å². The number of hydrogen-bond acceptors (Lipinski definition) is 5. The number of fused-ring (bicyclic) bond motifs is 1. The van der Waals surface area contributed by atoms with Crippen LogP contribution in [0.15, 0.2) is 18.2 Å². The van der Waals surface area contributed by atoms with Gasteiger partial charge in [0.2, 0.25) is 0 Å². The van der Waals surface area contributed by atoms with E-state index in [1.807, 2.05) is 24.1 Å². The van der Waals surface area contributed by atoms with Crippen LogP contribution in [-0.2, 0) is 9.59 Å². The molecule has 26 heavy (non-hydrogen) atoms. The Labute approximate surface area is 157 Å². The second-order valence-electron chi connectivity index (χ2n) is 5.71. The lowest BCUT2D eigenvalue weighted by molar-refractivity contribution is -0.159. The van der Waals surface area contributed by atoms with E-state index in [0.717, 1.165) is 31.9 Å². The highest BCUT2D eigenvalue weighted by Crippen LogP contribution is 2.28. The largest absolute Gasteiger partial charge is 0.473 e.